The van der Waals surface area contributed by atoms with Crippen molar-refractivity contribution in [2.24, 2.45) is 0 Å². The summed E-state index contributed by atoms with van der Waals surface area (Å²) >= 11 is 1.41. The van der Waals surface area contributed by atoms with Gasteiger partial charge < -0.3 is 14.6 Å². The average Bonchev–Trinajstić information content (AvgIpc) is 3.21. The first-order chi connectivity index (χ1) is 10.8. The molecule has 0 saturated carbocycles. The second kappa shape index (κ2) is 6.91. The molecule has 6 heteroatoms. The summed E-state index contributed by atoms with van der Waals surface area (Å²) in [6, 6.07) is 11.0. The summed E-state index contributed by atoms with van der Waals surface area (Å²) in [6.07, 6.45) is 5.38. The van der Waals surface area contributed by atoms with Crippen LogP contribution in [0.3, 0.4) is 0 Å². The van der Waals surface area contributed by atoms with E-state index >= 15 is 0 Å². The van der Waals surface area contributed by atoms with Crippen LogP contribution in [0.25, 0.3) is 0 Å². The van der Waals surface area contributed by atoms with Crippen LogP contribution >= 0.6 is 11.3 Å². The number of carbonyl (C=O) groups is 1. The van der Waals surface area contributed by atoms with Gasteiger partial charge >= 0.3 is 0 Å². The van der Waals surface area contributed by atoms with Gasteiger partial charge in [0.25, 0.3) is 5.91 Å². The van der Waals surface area contributed by atoms with Crippen molar-refractivity contribution >= 4 is 22.9 Å². The predicted molar refractivity (Wildman–Crippen MR) is 86.4 cm³/mol. The molecule has 2 heterocycles. The van der Waals surface area contributed by atoms with Crippen LogP contribution in [-0.2, 0) is 6.54 Å². The second-order valence-electron chi connectivity index (χ2n) is 4.61. The SMILES string of the molecule is O=C(Nc1cccc(OCCn2ccnc2)c1)c1cccs1. The van der Waals surface area contributed by atoms with Gasteiger partial charge in [-0.3, -0.25) is 4.79 Å². The molecule has 0 fully saturated rings. The highest BCUT2D eigenvalue weighted by Gasteiger charge is 2.07. The molecule has 0 radical (unpaired) electrons. The van der Waals surface area contributed by atoms with Gasteiger partial charge in [-0.2, -0.15) is 0 Å². The van der Waals surface area contributed by atoms with Crippen molar-refractivity contribution < 1.29 is 9.53 Å². The molecule has 1 amide bonds. The Morgan fingerprint density at radius 3 is 3.05 bits per heavy atom. The molecule has 3 rings (SSSR count). The van der Waals surface area contributed by atoms with Gasteiger partial charge in [0.2, 0.25) is 0 Å². The lowest BCUT2D eigenvalue weighted by atomic mass is 10.3. The Bertz CT molecular complexity index is 724. The Hall–Kier alpha value is -2.60. The van der Waals surface area contributed by atoms with E-state index in [0.29, 0.717) is 11.5 Å². The zero-order valence-electron chi connectivity index (χ0n) is 11.8. The largest absolute Gasteiger partial charge is 0.492 e. The number of nitrogens with zero attached hydrogens (tertiary/aromatic N) is 2. The van der Waals surface area contributed by atoms with Gasteiger partial charge in [0.05, 0.1) is 17.7 Å². The number of imidazole rings is 1. The van der Waals surface area contributed by atoms with Crippen LogP contribution < -0.4 is 10.1 Å². The summed E-state index contributed by atoms with van der Waals surface area (Å²) in [7, 11) is 0. The normalized spacial score (nSPS) is 10.4. The van der Waals surface area contributed by atoms with Gasteiger partial charge in [-0.05, 0) is 23.6 Å². The van der Waals surface area contributed by atoms with E-state index in [1.54, 1.807) is 18.6 Å². The quantitative estimate of drug-likeness (QED) is 0.760. The lowest BCUT2D eigenvalue weighted by molar-refractivity contribution is 0.103. The molecule has 3 aromatic rings. The Morgan fingerprint density at radius 1 is 1.32 bits per heavy atom. The highest BCUT2D eigenvalue weighted by molar-refractivity contribution is 7.12. The fourth-order valence-corrected chi connectivity index (χ4v) is 2.57. The lowest BCUT2D eigenvalue weighted by Gasteiger charge is -2.09. The predicted octanol–water partition coefficient (Wildman–Crippen LogP) is 3.28. The standard InChI is InChI=1S/C16H15N3O2S/c20-16(15-5-2-10-22-15)18-13-3-1-4-14(11-13)21-9-8-19-7-6-17-12-19/h1-7,10-12H,8-9H2,(H,18,20). The first-order valence-electron chi connectivity index (χ1n) is 6.85. The van der Waals surface area contributed by atoms with Crippen molar-refractivity contribution in [3.63, 3.8) is 0 Å². The smallest absolute Gasteiger partial charge is 0.265 e. The first kappa shape index (κ1) is 14.3. The average molecular weight is 313 g/mol. The van der Waals surface area contributed by atoms with Crippen molar-refractivity contribution in [1.29, 1.82) is 0 Å². The first-order valence-corrected chi connectivity index (χ1v) is 7.73. The molecule has 1 N–H and O–H groups in total. The van der Waals surface area contributed by atoms with Gasteiger partial charge in [-0.25, -0.2) is 4.98 Å². The summed E-state index contributed by atoms with van der Waals surface area (Å²) in [4.78, 5) is 16.7. The third-order valence-corrected chi connectivity index (χ3v) is 3.88. The maximum absolute atomic E-state index is 12.0. The zero-order valence-corrected chi connectivity index (χ0v) is 12.6. The van der Waals surface area contributed by atoms with E-state index in [0.717, 1.165) is 18.0 Å². The Balaban J connectivity index is 1.56. The van der Waals surface area contributed by atoms with Gasteiger partial charge in [0.1, 0.15) is 12.4 Å². The van der Waals surface area contributed by atoms with Crippen molar-refractivity contribution in [1.82, 2.24) is 9.55 Å². The molecule has 0 bridgehead atoms. The Morgan fingerprint density at radius 2 is 2.27 bits per heavy atom. The molecule has 0 aliphatic carbocycles. The molecular weight excluding hydrogens is 298 g/mol. The molecule has 0 aliphatic rings. The van der Waals surface area contributed by atoms with Crippen molar-refractivity contribution in [2.45, 2.75) is 6.54 Å². The molecule has 0 unspecified atom stereocenters. The lowest BCUT2D eigenvalue weighted by Crippen LogP contribution is -2.10. The molecule has 2 aromatic heterocycles. The number of benzene rings is 1. The second-order valence-corrected chi connectivity index (χ2v) is 5.56. The fraction of sp³-hybridized carbons (Fsp3) is 0.125. The molecule has 112 valence electrons. The van der Waals surface area contributed by atoms with E-state index in [1.807, 2.05) is 46.5 Å². The number of ether oxygens (including phenoxy) is 1. The van der Waals surface area contributed by atoms with E-state index in [1.165, 1.54) is 11.3 Å². The molecule has 0 spiro atoms. The third kappa shape index (κ3) is 3.73. The van der Waals surface area contributed by atoms with Crippen LogP contribution in [0.15, 0.2) is 60.5 Å². The van der Waals surface area contributed by atoms with Gasteiger partial charge in [0.15, 0.2) is 0 Å². The van der Waals surface area contributed by atoms with E-state index in [4.69, 9.17) is 4.74 Å². The van der Waals surface area contributed by atoms with Crippen LogP contribution in [0.5, 0.6) is 5.75 Å². The number of anilines is 1. The maximum atomic E-state index is 12.0. The summed E-state index contributed by atoms with van der Waals surface area (Å²) in [5.41, 5.74) is 0.721. The number of carbonyl (C=O) groups excluding carboxylic acids is 1. The number of hydrogen-bond acceptors (Lipinski definition) is 4. The van der Waals surface area contributed by atoms with Crippen LogP contribution in [0.2, 0.25) is 0 Å². The highest BCUT2D eigenvalue weighted by Crippen LogP contribution is 2.19. The van der Waals surface area contributed by atoms with E-state index in [-0.39, 0.29) is 5.91 Å². The van der Waals surface area contributed by atoms with Crippen LogP contribution in [0.1, 0.15) is 9.67 Å². The van der Waals surface area contributed by atoms with E-state index in [2.05, 4.69) is 10.3 Å². The minimum Gasteiger partial charge on any atom is -0.492 e. The van der Waals surface area contributed by atoms with E-state index in [9.17, 15) is 4.79 Å². The van der Waals surface area contributed by atoms with Crippen molar-refractivity contribution in [3.8, 4) is 5.75 Å². The minimum absolute atomic E-state index is 0.106. The molecule has 0 atom stereocenters. The topological polar surface area (TPSA) is 56.1 Å². The van der Waals surface area contributed by atoms with Crippen molar-refractivity contribution in [2.75, 3.05) is 11.9 Å². The molecule has 22 heavy (non-hydrogen) atoms. The minimum atomic E-state index is -0.106. The van der Waals surface area contributed by atoms with Crippen LogP contribution in [-0.4, -0.2) is 22.1 Å². The molecular formula is C16H15N3O2S. The van der Waals surface area contributed by atoms with Gasteiger partial charge in [-0.1, -0.05) is 12.1 Å². The number of hydrogen-bond donors (Lipinski definition) is 1. The summed E-state index contributed by atoms with van der Waals surface area (Å²) in [5, 5.41) is 4.74. The number of nitrogens with one attached hydrogen (secondary N) is 1. The van der Waals surface area contributed by atoms with E-state index < -0.39 is 0 Å². The number of aromatic nitrogens is 2. The maximum Gasteiger partial charge on any atom is 0.265 e. The monoisotopic (exact) mass is 313 g/mol. The summed E-state index contributed by atoms with van der Waals surface area (Å²) in [5.74, 6) is 0.620. The zero-order chi connectivity index (χ0) is 15.2. The summed E-state index contributed by atoms with van der Waals surface area (Å²) < 4.78 is 7.64. The molecule has 5 nitrogen and oxygen atoms in total. The summed E-state index contributed by atoms with van der Waals surface area (Å²) in [6.45, 7) is 1.27. The number of rotatable bonds is 6. The molecule has 0 saturated heterocycles. The van der Waals surface area contributed by atoms with Gasteiger partial charge in [-0.15, -0.1) is 11.3 Å². The Labute approximate surface area is 132 Å². The molecule has 0 aliphatic heterocycles. The fourth-order valence-electron chi connectivity index (χ4n) is 1.95. The number of amides is 1. The van der Waals surface area contributed by atoms with Crippen LogP contribution in [0, 0.1) is 0 Å². The van der Waals surface area contributed by atoms with Crippen molar-refractivity contribution in [3.05, 3.63) is 65.4 Å². The highest BCUT2D eigenvalue weighted by atomic mass is 32.1. The Kier molecular flexibility index (Phi) is 4.50. The third-order valence-electron chi connectivity index (χ3n) is 3.01. The number of thiophene rings is 1. The van der Waals surface area contributed by atoms with Gasteiger partial charge in [0, 0.05) is 24.1 Å². The molecule has 1 aromatic carbocycles. The van der Waals surface area contributed by atoms with Crippen LogP contribution in [0.4, 0.5) is 5.69 Å².